The summed E-state index contributed by atoms with van der Waals surface area (Å²) in [6, 6.07) is 7.70. The first kappa shape index (κ1) is 22.2. The third-order valence-corrected chi connectivity index (χ3v) is 4.90. The van der Waals surface area contributed by atoms with Crippen LogP contribution in [0.4, 0.5) is 4.79 Å². The zero-order valence-corrected chi connectivity index (χ0v) is 17.9. The number of carbonyl (C=O) groups excluding carboxylic acids is 2. The van der Waals surface area contributed by atoms with Crippen molar-refractivity contribution in [1.29, 1.82) is 0 Å². The molecule has 2 amide bonds. The van der Waals surface area contributed by atoms with E-state index in [9.17, 15) is 9.59 Å². The Labute approximate surface area is 169 Å². The normalized spacial score (nSPS) is 17.0. The Kier molecular flexibility index (Phi) is 7.87. The Morgan fingerprint density at radius 3 is 2.29 bits per heavy atom. The number of nitrogens with zero attached hydrogens (tertiary/aromatic N) is 1. The molecule has 1 saturated heterocycles. The SMILES string of the molecule is CC1CCN(Cc2ccc(CNC(=O)[C@@H](C)NC(=O)OC(C)(C)C)cc2)CC1. The molecule has 0 unspecified atom stereocenters. The molecule has 0 aliphatic carbocycles. The van der Waals surface area contributed by atoms with Crippen LogP contribution >= 0.6 is 0 Å². The number of likely N-dealkylation sites (tertiary alicyclic amines) is 1. The Hall–Kier alpha value is -2.08. The number of alkyl carbamates (subject to hydrolysis) is 1. The third-order valence-electron chi connectivity index (χ3n) is 4.90. The molecule has 6 nitrogen and oxygen atoms in total. The smallest absolute Gasteiger partial charge is 0.408 e. The van der Waals surface area contributed by atoms with Crippen molar-refractivity contribution >= 4 is 12.0 Å². The number of amides is 2. The van der Waals surface area contributed by atoms with Gasteiger partial charge in [0, 0.05) is 13.1 Å². The minimum Gasteiger partial charge on any atom is -0.444 e. The van der Waals surface area contributed by atoms with Crippen LogP contribution in [0.5, 0.6) is 0 Å². The molecule has 0 aromatic heterocycles. The highest BCUT2D eigenvalue weighted by Gasteiger charge is 2.21. The van der Waals surface area contributed by atoms with Gasteiger partial charge in [0.25, 0.3) is 0 Å². The highest BCUT2D eigenvalue weighted by Crippen LogP contribution is 2.18. The maximum Gasteiger partial charge on any atom is 0.408 e. The van der Waals surface area contributed by atoms with Crippen molar-refractivity contribution in [3.05, 3.63) is 35.4 Å². The predicted octanol–water partition coefficient (Wildman–Crippen LogP) is 3.45. The number of carbonyl (C=O) groups is 2. The van der Waals surface area contributed by atoms with Crippen molar-refractivity contribution in [3.63, 3.8) is 0 Å². The lowest BCUT2D eigenvalue weighted by atomic mass is 9.99. The Morgan fingerprint density at radius 1 is 1.14 bits per heavy atom. The predicted molar refractivity (Wildman–Crippen MR) is 111 cm³/mol. The minimum atomic E-state index is -0.657. The van der Waals surface area contributed by atoms with Gasteiger partial charge in [-0.25, -0.2) is 4.79 Å². The van der Waals surface area contributed by atoms with E-state index >= 15 is 0 Å². The van der Waals surface area contributed by atoms with E-state index in [-0.39, 0.29) is 5.91 Å². The molecule has 1 heterocycles. The van der Waals surface area contributed by atoms with E-state index in [1.807, 2.05) is 12.1 Å². The Balaban J connectivity index is 1.74. The first-order valence-corrected chi connectivity index (χ1v) is 10.2. The van der Waals surface area contributed by atoms with Gasteiger partial charge in [-0.05, 0) is 70.7 Å². The fourth-order valence-corrected chi connectivity index (χ4v) is 3.13. The molecule has 0 radical (unpaired) electrons. The van der Waals surface area contributed by atoms with Crippen LogP contribution in [0.1, 0.15) is 58.6 Å². The molecule has 1 aliphatic heterocycles. The van der Waals surface area contributed by atoms with Crippen LogP contribution in [0.25, 0.3) is 0 Å². The lowest BCUT2D eigenvalue weighted by molar-refractivity contribution is -0.122. The molecule has 1 aromatic carbocycles. The first-order valence-electron chi connectivity index (χ1n) is 10.2. The van der Waals surface area contributed by atoms with E-state index in [1.165, 1.54) is 31.5 Å². The lowest BCUT2D eigenvalue weighted by Gasteiger charge is -2.30. The van der Waals surface area contributed by atoms with Crippen molar-refractivity contribution in [2.45, 2.75) is 72.2 Å². The summed E-state index contributed by atoms with van der Waals surface area (Å²) < 4.78 is 5.17. The van der Waals surface area contributed by atoms with Crippen molar-refractivity contribution < 1.29 is 14.3 Å². The maximum atomic E-state index is 12.2. The van der Waals surface area contributed by atoms with Crippen LogP contribution in [0.15, 0.2) is 24.3 Å². The second kappa shape index (κ2) is 9.92. The van der Waals surface area contributed by atoms with Gasteiger partial charge in [0.15, 0.2) is 0 Å². The topological polar surface area (TPSA) is 70.7 Å². The number of hydrogen-bond acceptors (Lipinski definition) is 4. The molecule has 1 aliphatic rings. The summed E-state index contributed by atoms with van der Waals surface area (Å²) in [6.45, 7) is 13.1. The molecular formula is C22H35N3O3. The largest absolute Gasteiger partial charge is 0.444 e. The second-order valence-corrected chi connectivity index (χ2v) is 8.86. The average Bonchev–Trinajstić information content (AvgIpc) is 2.61. The van der Waals surface area contributed by atoms with E-state index < -0.39 is 17.7 Å². The number of hydrogen-bond donors (Lipinski definition) is 2. The van der Waals surface area contributed by atoms with Gasteiger partial charge >= 0.3 is 6.09 Å². The Bertz CT molecular complexity index is 644. The molecule has 156 valence electrons. The van der Waals surface area contributed by atoms with E-state index in [4.69, 9.17) is 4.74 Å². The average molecular weight is 390 g/mol. The van der Waals surface area contributed by atoms with Crippen molar-refractivity contribution in [2.24, 2.45) is 5.92 Å². The van der Waals surface area contributed by atoms with Crippen molar-refractivity contribution in [2.75, 3.05) is 13.1 Å². The molecule has 1 aromatic rings. The van der Waals surface area contributed by atoms with E-state index in [1.54, 1.807) is 27.7 Å². The summed E-state index contributed by atoms with van der Waals surface area (Å²) in [5.74, 6) is 0.604. The summed E-state index contributed by atoms with van der Waals surface area (Å²) in [5, 5.41) is 5.40. The zero-order chi connectivity index (χ0) is 20.7. The summed E-state index contributed by atoms with van der Waals surface area (Å²) in [4.78, 5) is 26.4. The van der Waals surface area contributed by atoms with Gasteiger partial charge in [-0.1, -0.05) is 31.2 Å². The van der Waals surface area contributed by atoms with E-state index in [0.717, 1.165) is 18.0 Å². The van der Waals surface area contributed by atoms with Crippen LogP contribution in [-0.4, -0.2) is 41.6 Å². The quantitative estimate of drug-likeness (QED) is 0.782. The summed E-state index contributed by atoms with van der Waals surface area (Å²) in [7, 11) is 0. The Morgan fingerprint density at radius 2 is 1.71 bits per heavy atom. The summed E-state index contributed by atoms with van der Waals surface area (Å²) in [6.07, 6.45) is 1.96. The first-order chi connectivity index (χ1) is 13.1. The maximum absolute atomic E-state index is 12.2. The molecule has 6 heteroatoms. The van der Waals surface area contributed by atoms with Crippen LogP contribution in [0.2, 0.25) is 0 Å². The second-order valence-electron chi connectivity index (χ2n) is 8.86. The van der Waals surface area contributed by atoms with E-state index in [2.05, 4.69) is 34.6 Å². The zero-order valence-electron chi connectivity index (χ0n) is 17.9. The van der Waals surface area contributed by atoms with Gasteiger partial charge in [0.1, 0.15) is 11.6 Å². The van der Waals surface area contributed by atoms with Gasteiger partial charge in [-0.2, -0.15) is 0 Å². The molecule has 2 N–H and O–H groups in total. The molecule has 2 rings (SSSR count). The fourth-order valence-electron chi connectivity index (χ4n) is 3.13. The van der Waals surface area contributed by atoms with Crippen LogP contribution in [-0.2, 0) is 22.6 Å². The molecule has 0 saturated carbocycles. The van der Waals surface area contributed by atoms with Gasteiger partial charge in [-0.3, -0.25) is 9.69 Å². The lowest BCUT2D eigenvalue weighted by Crippen LogP contribution is -2.46. The molecule has 0 spiro atoms. The number of ether oxygens (including phenoxy) is 1. The minimum absolute atomic E-state index is 0.239. The van der Waals surface area contributed by atoms with Gasteiger partial charge in [-0.15, -0.1) is 0 Å². The number of nitrogens with one attached hydrogen (secondary N) is 2. The standard InChI is InChI=1S/C22H35N3O3/c1-16-10-12-25(13-11-16)15-19-8-6-18(7-9-19)14-23-20(26)17(2)24-21(27)28-22(3,4)5/h6-9,16-17H,10-15H2,1-5H3,(H,23,26)(H,24,27)/t17-/m1/s1. The van der Waals surface area contributed by atoms with Gasteiger partial charge in [0.05, 0.1) is 0 Å². The number of rotatable bonds is 6. The molecule has 1 fully saturated rings. The third kappa shape index (κ3) is 7.89. The van der Waals surface area contributed by atoms with E-state index in [0.29, 0.717) is 6.54 Å². The summed E-state index contributed by atoms with van der Waals surface area (Å²) in [5.41, 5.74) is 1.74. The van der Waals surface area contributed by atoms with Crippen molar-refractivity contribution in [3.8, 4) is 0 Å². The van der Waals surface area contributed by atoms with Crippen LogP contribution in [0, 0.1) is 5.92 Å². The van der Waals surface area contributed by atoms with Gasteiger partial charge < -0.3 is 15.4 Å². The van der Waals surface area contributed by atoms with Crippen LogP contribution < -0.4 is 10.6 Å². The van der Waals surface area contributed by atoms with Crippen LogP contribution in [0.3, 0.4) is 0 Å². The summed E-state index contributed by atoms with van der Waals surface area (Å²) >= 11 is 0. The molecule has 1 atom stereocenters. The fraction of sp³-hybridized carbons (Fsp3) is 0.636. The highest BCUT2D eigenvalue weighted by molar-refractivity contribution is 5.85. The highest BCUT2D eigenvalue weighted by atomic mass is 16.6. The molecule has 0 bridgehead atoms. The number of piperidine rings is 1. The van der Waals surface area contributed by atoms with Crippen molar-refractivity contribution in [1.82, 2.24) is 15.5 Å². The molecule has 28 heavy (non-hydrogen) atoms. The monoisotopic (exact) mass is 389 g/mol. The molecular weight excluding hydrogens is 354 g/mol. The number of benzene rings is 1. The van der Waals surface area contributed by atoms with Gasteiger partial charge in [0.2, 0.25) is 5.91 Å².